The third kappa shape index (κ3) is 2.14. The third-order valence-corrected chi connectivity index (χ3v) is 1.65. The second-order valence-electron chi connectivity index (χ2n) is 2.77. The maximum absolute atomic E-state index is 12.9. The highest BCUT2D eigenvalue weighted by Crippen LogP contribution is 2.32. The molecular formula is C8H8F4N2. The Morgan fingerprint density at radius 2 is 1.86 bits per heavy atom. The van der Waals surface area contributed by atoms with Gasteiger partial charge in [0.15, 0.2) is 0 Å². The van der Waals surface area contributed by atoms with Crippen molar-refractivity contribution in [1.29, 1.82) is 0 Å². The first-order valence-corrected chi connectivity index (χ1v) is 3.67. The van der Waals surface area contributed by atoms with Gasteiger partial charge in [-0.1, -0.05) is 0 Å². The van der Waals surface area contributed by atoms with Crippen LogP contribution in [0.1, 0.15) is 5.56 Å². The predicted molar refractivity (Wildman–Crippen MR) is 44.0 cm³/mol. The number of alkyl halides is 3. The molecule has 0 radical (unpaired) electrons. The van der Waals surface area contributed by atoms with Gasteiger partial charge in [0.25, 0.3) is 0 Å². The molecule has 0 atom stereocenters. The molecule has 0 unspecified atom stereocenters. The standard InChI is InChI=1S/C8H8F4N2/c1-14(13)7-4-5(8(10,11)12)2-3-6(7)9/h2-4H,13H2,1H3. The highest BCUT2D eigenvalue weighted by molar-refractivity contribution is 5.48. The van der Waals surface area contributed by atoms with Crippen LogP contribution in [0.25, 0.3) is 0 Å². The monoisotopic (exact) mass is 208 g/mol. The van der Waals surface area contributed by atoms with Gasteiger partial charge in [-0.2, -0.15) is 13.2 Å². The molecule has 0 spiro atoms. The van der Waals surface area contributed by atoms with Crippen LogP contribution in [0, 0.1) is 5.82 Å². The Morgan fingerprint density at radius 1 is 1.29 bits per heavy atom. The van der Waals surface area contributed by atoms with Gasteiger partial charge in [0, 0.05) is 7.05 Å². The van der Waals surface area contributed by atoms with E-state index in [4.69, 9.17) is 5.84 Å². The molecule has 78 valence electrons. The smallest absolute Gasteiger partial charge is 0.311 e. The molecule has 0 amide bonds. The molecule has 0 saturated carbocycles. The lowest BCUT2D eigenvalue weighted by molar-refractivity contribution is -0.137. The minimum Gasteiger partial charge on any atom is -0.311 e. The number of hydrazine groups is 1. The zero-order valence-corrected chi connectivity index (χ0v) is 7.27. The first-order chi connectivity index (χ1) is 6.32. The summed E-state index contributed by atoms with van der Waals surface area (Å²) < 4.78 is 49.5. The van der Waals surface area contributed by atoms with Crippen LogP contribution < -0.4 is 10.9 Å². The average Bonchev–Trinajstić information content (AvgIpc) is 2.02. The lowest BCUT2D eigenvalue weighted by Gasteiger charge is -2.15. The fraction of sp³-hybridized carbons (Fsp3) is 0.250. The van der Waals surface area contributed by atoms with Crippen molar-refractivity contribution in [2.75, 3.05) is 12.1 Å². The lowest BCUT2D eigenvalue weighted by Crippen LogP contribution is -2.26. The number of rotatable bonds is 1. The molecule has 14 heavy (non-hydrogen) atoms. The van der Waals surface area contributed by atoms with Crippen molar-refractivity contribution in [2.45, 2.75) is 6.18 Å². The van der Waals surface area contributed by atoms with E-state index in [0.717, 1.165) is 11.1 Å². The summed E-state index contributed by atoms with van der Waals surface area (Å²) in [7, 11) is 1.26. The van der Waals surface area contributed by atoms with Gasteiger partial charge in [0.1, 0.15) is 5.82 Å². The van der Waals surface area contributed by atoms with Gasteiger partial charge in [-0.25, -0.2) is 10.2 Å². The van der Waals surface area contributed by atoms with E-state index >= 15 is 0 Å². The normalized spacial score (nSPS) is 11.6. The summed E-state index contributed by atoms with van der Waals surface area (Å²) in [5.74, 6) is 4.36. The van der Waals surface area contributed by atoms with E-state index in [0.29, 0.717) is 12.1 Å². The average molecular weight is 208 g/mol. The summed E-state index contributed by atoms with van der Waals surface area (Å²) in [5.41, 5.74) is -1.22. The van der Waals surface area contributed by atoms with Crippen LogP contribution >= 0.6 is 0 Å². The van der Waals surface area contributed by atoms with Crippen molar-refractivity contribution < 1.29 is 17.6 Å². The van der Waals surface area contributed by atoms with Crippen molar-refractivity contribution in [3.8, 4) is 0 Å². The van der Waals surface area contributed by atoms with Crippen LogP contribution in [-0.2, 0) is 6.18 Å². The molecule has 6 heteroatoms. The predicted octanol–water partition coefficient (Wildman–Crippen LogP) is 2.15. The Hall–Kier alpha value is -1.30. The maximum atomic E-state index is 12.9. The zero-order chi connectivity index (χ0) is 10.9. The molecule has 0 aromatic heterocycles. The molecule has 1 aromatic carbocycles. The van der Waals surface area contributed by atoms with Gasteiger partial charge in [-0.05, 0) is 18.2 Å². The van der Waals surface area contributed by atoms with Crippen LogP contribution in [-0.4, -0.2) is 7.05 Å². The minimum absolute atomic E-state index is 0.292. The van der Waals surface area contributed by atoms with Crippen molar-refractivity contribution in [2.24, 2.45) is 5.84 Å². The van der Waals surface area contributed by atoms with Crippen LogP contribution in [0.5, 0.6) is 0 Å². The van der Waals surface area contributed by atoms with Gasteiger partial charge in [0.2, 0.25) is 0 Å². The Morgan fingerprint density at radius 3 is 2.29 bits per heavy atom. The van der Waals surface area contributed by atoms with E-state index in [-0.39, 0.29) is 5.69 Å². The summed E-state index contributed by atoms with van der Waals surface area (Å²) in [4.78, 5) is 0. The molecule has 1 rings (SSSR count). The molecule has 0 aliphatic rings. The second-order valence-corrected chi connectivity index (χ2v) is 2.77. The van der Waals surface area contributed by atoms with Gasteiger partial charge in [0.05, 0.1) is 11.3 Å². The topological polar surface area (TPSA) is 29.3 Å². The summed E-state index contributed by atoms with van der Waals surface area (Å²) in [5, 5.41) is 0.796. The van der Waals surface area contributed by atoms with Crippen molar-refractivity contribution in [1.82, 2.24) is 0 Å². The first kappa shape index (κ1) is 10.8. The van der Waals surface area contributed by atoms with E-state index in [1.54, 1.807) is 0 Å². The van der Waals surface area contributed by atoms with E-state index in [2.05, 4.69) is 0 Å². The number of hydrogen-bond donors (Lipinski definition) is 1. The summed E-state index contributed by atoms with van der Waals surface area (Å²) >= 11 is 0. The summed E-state index contributed by atoms with van der Waals surface area (Å²) in [6.45, 7) is 0. The molecule has 2 N–H and O–H groups in total. The van der Waals surface area contributed by atoms with Crippen LogP contribution in [0.15, 0.2) is 18.2 Å². The Kier molecular flexibility index (Phi) is 2.66. The molecule has 1 aromatic rings. The Bertz CT molecular complexity index is 333. The molecule has 0 aliphatic heterocycles. The molecule has 0 aliphatic carbocycles. The molecule has 0 saturated heterocycles. The molecule has 0 fully saturated rings. The van der Waals surface area contributed by atoms with Gasteiger partial charge < -0.3 is 5.01 Å². The second kappa shape index (κ2) is 3.45. The van der Waals surface area contributed by atoms with Crippen molar-refractivity contribution in [3.63, 3.8) is 0 Å². The fourth-order valence-corrected chi connectivity index (χ4v) is 0.959. The minimum atomic E-state index is -4.49. The van der Waals surface area contributed by atoms with E-state index < -0.39 is 17.6 Å². The number of hydrogen-bond acceptors (Lipinski definition) is 2. The van der Waals surface area contributed by atoms with Gasteiger partial charge >= 0.3 is 6.18 Å². The SMILES string of the molecule is CN(N)c1cc(C(F)(F)F)ccc1F. The van der Waals surface area contributed by atoms with Crippen molar-refractivity contribution >= 4 is 5.69 Å². The quantitative estimate of drug-likeness (QED) is 0.435. The van der Waals surface area contributed by atoms with E-state index in [1.807, 2.05) is 0 Å². The number of nitrogens with zero attached hydrogens (tertiary/aromatic N) is 1. The number of benzene rings is 1. The Labute approximate surface area is 77.9 Å². The highest BCUT2D eigenvalue weighted by Gasteiger charge is 2.31. The third-order valence-electron chi connectivity index (χ3n) is 1.65. The van der Waals surface area contributed by atoms with Crippen molar-refractivity contribution in [3.05, 3.63) is 29.6 Å². The highest BCUT2D eigenvalue weighted by atomic mass is 19.4. The first-order valence-electron chi connectivity index (χ1n) is 3.67. The number of anilines is 1. The van der Waals surface area contributed by atoms with E-state index in [1.165, 1.54) is 7.05 Å². The van der Waals surface area contributed by atoms with Crippen LogP contribution in [0.2, 0.25) is 0 Å². The maximum Gasteiger partial charge on any atom is 0.416 e. The van der Waals surface area contributed by atoms with Gasteiger partial charge in [-0.15, -0.1) is 0 Å². The van der Waals surface area contributed by atoms with Crippen LogP contribution in [0.3, 0.4) is 0 Å². The Balaban J connectivity index is 3.20. The largest absolute Gasteiger partial charge is 0.416 e. The zero-order valence-electron chi connectivity index (χ0n) is 7.27. The summed E-state index contributed by atoms with van der Waals surface area (Å²) in [6, 6.07) is 2.07. The molecule has 0 bridgehead atoms. The van der Waals surface area contributed by atoms with E-state index in [9.17, 15) is 17.6 Å². The fourth-order valence-electron chi connectivity index (χ4n) is 0.959. The van der Waals surface area contributed by atoms with Gasteiger partial charge in [-0.3, -0.25) is 0 Å². The number of halogens is 4. The molecule has 0 heterocycles. The lowest BCUT2D eigenvalue weighted by atomic mass is 10.2. The molecular weight excluding hydrogens is 200 g/mol. The molecule has 2 nitrogen and oxygen atoms in total. The number of nitrogens with two attached hydrogens (primary N) is 1. The summed E-state index contributed by atoms with van der Waals surface area (Å²) in [6.07, 6.45) is -4.49. The van der Waals surface area contributed by atoms with Crippen LogP contribution in [0.4, 0.5) is 23.2 Å².